The highest BCUT2D eigenvalue weighted by atomic mass is 19.3. The van der Waals surface area contributed by atoms with Crippen LogP contribution in [0.25, 0.3) is 5.69 Å². The van der Waals surface area contributed by atoms with Crippen LogP contribution in [0.4, 0.5) is 14.6 Å². The highest BCUT2D eigenvalue weighted by Gasteiger charge is 2.29. The Morgan fingerprint density at radius 3 is 2.66 bits per heavy atom. The van der Waals surface area contributed by atoms with E-state index in [1.807, 2.05) is 0 Å². The lowest BCUT2D eigenvalue weighted by atomic mass is 10.2. The van der Waals surface area contributed by atoms with Crippen LogP contribution >= 0.6 is 0 Å². The first-order valence-corrected chi connectivity index (χ1v) is 9.90. The van der Waals surface area contributed by atoms with Crippen molar-refractivity contribution in [2.75, 3.05) is 24.5 Å². The summed E-state index contributed by atoms with van der Waals surface area (Å²) in [6, 6.07) is 8.32. The molecule has 3 aromatic rings. The number of aromatic nitrogens is 5. The van der Waals surface area contributed by atoms with Gasteiger partial charge in [-0.2, -0.15) is 0 Å². The minimum Gasteiger partial charge on any atom is -0.480 e. The topological polar surface area (TPSA) is 118 Å². The van der Waals surface area contributed by atoms with Crippen molar-refractivity contribution >= 4 is 11.8 Å². The third-order valence-corrected chi connectivity index (χ3v) is 5.15. The number of carboxylic acids is 1. The minimum atomic E-state index is -2.54. The van der Waals surface area contributed by atoms with Crippen LogP contribution in [0.2, 0.25) is 0 Å². The maximum absolute atomic E-state index is 12.8. The molecule has 0 radical (unpaired) electrons. The van der Waals surface area contributed by atoms with Gasteiger partial charge in [-0.25, -0.2) is 18.3 Å². The number of anilines is 1. The second-order valence-electron chi connectivity index (χ2n) is 7.20. The highest BCUT2D eigenvalue weighted by molar-refractivity contribution is 5.78. The molecule has 0 aliphatic carbocycles. The summed E-state index contributed by atoms with van der Waals surface area (Å²) in [5, 5.41) is 28.7. The largest absolute Gasteiger partial charge is 0.480 e. The van der Waals surface area contributed by atoms with Gasteiger partial charge in [0, 0.05) is 31.3 Å². The number of nitrogens with zero attached hydrogens (tertiary/aromatic N) is 6. The average molecular weight is 445 g/mol. The lowest BCUT2D eigenvalue weighted by molar-refractivity contribution is -0.138. The van der Waals surface area contributed by atoms with E-state index in [1.54, 1.807) is 36.1 Å². The first-order chi connectivity index (χ1) is 15.4. The van der Waals surface area contributed by atoms with E-state index in [0.717, 1.165) is 0 Å². The van der Waals surface area contributed by atoms with Crippen LogP contribution in [0.5, 0.6) is 5.88 Å². The number of aliphatic carboxylic acids is 1. The van der Waals surface area contributed by atoms with Crippen molar-refractivity contribution in [3.8, 4) is 11.6 Å². The Balaban J connectivity index is 1.46. The molecule has 2 aromatic heterocycles. The van der Waals surface area contributed by atoms with Crippen molar-refractivity contribution in [3.63, 3.8) is 0 Å². The molecule has 0 saturated carbocycles. The van der Waals surface area contributed by atoms with Gasteiger partial charge in [0.2, 0.25) is 5.88 Å². The number of nitrogens with one attached hydrogen (secondary N) is 1. The van der Waals surface area contributed by atoms with Crippen molar-refractivity contribution in [2.24, 2.45) is 0 Å². The molecule has 32 heavy (non-hydrogen) atoms. The average Bonchev–Trinajstić information content (AvgIpc) is 3.18. The fourth-order valence-corrected chi connectivity index (χ4v) is 3.40. The van der Waals surface area contributed by atoms with Gasteiger partial charge in [0.1, 0.15) is 18.3 Å². The van der Waals surface area contributed by atoms with Crippen molar-refractivity contribution in [1.82, 2.24) is 30.5 Å². The third-order valence-electron chi connectivity index (χ3n) is 5.15. The minimum absolute atomic E-state index is 0.0756. The van der Waals surface area contributed by atoms with Crippen LogP contribution in [0.3, 0.4) is 0 Å². The predicted octanol–water partition coefficient (Wildman–Crippen LogP) is 1.75. The molecule has 0 bridgehead atoms. The van der Waals surface area contributed by atoms with Gasteiger partial charge >= 0.3 is 5.97 Å². The molecule has 1 atom stereocenters. The van der Waals surface area contributed by atoms with Crippen LogP contribution in [0.1, 0.15) is 23.4 Å². The number of benzene rings is 1. The van der Waals surface area contributed by atoms with Gasteiger partial charge in [-0.05, 0) is 25.1 Å². The zero-order valence-corrected chi connectivity index (χ0v) is 17.2. The van der Waals surface area contributed by atoms with E-state index in [0.29, 0.717) is 42.5 Å². The quantitative estimate of drug-likeness (QED) is 0.561. The maximum Gasteiger partial charge on any atom is 0.327 e. The number of aryl methyl sites for hydroxylation is 1. The molecule has 4 rings (SSSR count). The summed E-state index contributed by atoms with van der Waals surface area (Å²) >= 11 is 0. The van der Waals surface area contributed by atoms with Crippen molar-refractivity contribution in [2.45, 2.75) is 26.0 Å². The van der Waals surface area contributed by atoms with E-state index in [-0.39, 0.29) is 18.1 Å². The van der Waals surface area contributed by atoms with E-state index in [4.69, 9.17) is 4.74 Å². The maximum atomic E-state index is 12.8. The molecule has 10 nitrogen and oxygen atoms in total. The van der Waals surface area contributed by atoms with Gasteiger partial charge in [-0.1, -0.05) is 17.3 Å². The summed E-state index contributed by atoms with van der Waals surface area (Å²) in [7, 11) is 0. The number of ether oxygens (including phenoxy) is 1. The summed E-state index contributed by atoms with van der Waals surface area (Å²) in [6.07, 6.45) is -2.54. The van der Waals surface area contributed by atoms with Gasteiger partial charge in [-0.3, -0.25) is 0 Å². The van der Waals surface area contributed by atoms with Crippen LogP contribution < -0.4 is 15.0 Å². The van der Waals surface area contributed by atoms with Crippen LogP contribution in [0, 0.1) is 6.92 Å². The van der Waals surface area contributed by atoms with Gasteiger partial charge in [0.15, 0.2) is 5.82 Å². The van der Waals surface area contributed by atoms with Gasteiger partial charge < -0.3 is 20.1 Å². The van der Waals surface area contributed by atoms with Gasteiger partial charge in [0.25, 0.3) is 6.43 Å². The Kier molecular flexibility index (Phi) is 6.21. The second-order valence-corrected chi connectivity index (χ2v) is 7.20. The number of rotatable bonds is 7. The normalized spacial score (nSPS) is 16.4. The number of hydrogen-bond acceptors (Lipinski definition) is 8. The van der Waals surface area contributed by atoms with Crippen LogP contribution in [-0.2, 0) is 11.4 Å². The molecule has 1 unspecified atom stereocenters. The lowest BCUT2D eigenvalue weighted by Gasteiger charge is -2.33. The molecule has 12 heteroatoms. The molecule has 1 fully saturated rings. The Morgan fingerprint density at radius 1 is 1.22 bits per heavy atom. The number of piperazine rings is 1. The lowest BCUT2D eigenvalue weighted by Crippen LogP contribution is -2.55. The molecule has 1 aromatic carbocycles. The molecule has 0 spiro atoms. The summed E-state index contributed by atoms with van der Waals surface area (Å²) in [5.41, 5.74) is 1.76. The van der Waals surface area contributed by atoms with Crippen molar-refractivity contribution in [3.05, 3.63) is 53.3 Å². The molecule has 2 N–H and O–H groups in total. The Bertz CT molecular complexity index is 1070. The zero-order chi connectivity index (χ0) is 22.7. The van der Waals surface area contributed by atoms with E-state index < -0.39 is 18.4 Å². The van der Waals surface area contributed by atoms with E-state index >= 15 is 0 Å². The molecular weight excluding hydrogens is 424 g/mol. The summed E-state index contributed by atoms with van der Waals surface area (Å²) < 4.78 is 32.8. The molecule has 1 saturated heterocycles. The summed E-state index contributed by atoms with van der Waals surface area (Å²) in [4.78, 5) is 13.1. The fraction of sp³-hybridized carbons (Fsp3) is 0.350. The first-order valence-electron chi connectivity index (χ1n) is 9.90. The second kappa shape index (κ2) is 9.22. The third kappa shape index (κ3) is 4.49. The molecule has 168 valence electrons. The number of halogens is 2. The van der Waals surface area contributed by atoms with E-state index in [2.05, 4.69) is 25.8 Å². The smallest absolute Gasteiger partial charge is 0.327 e. The highest BCUT2D eigenvalue weighted by Crippen LogP contribution is 2.22. The molecule has 1 aliphatic heterocycles. The van der Waals surface area contributed by atoms with Crippen molar-refractivity contribution < 1.29 is 23.4 Å². The van der Waals surface area contributed by atoms with Crippen LogP contribution in [-0.4, -0.2) is 61.9 Å². The standard InChI is InChI=1S/C20H21F2N7O3/c1-12-16(29(27-24-12)14-4-2-13(3-5-14)19(21)22)11-32-18-7-6-17(25-26-18)28-9-8-23-10-15(28)20(30)31/h2-7,15,19,23H,8-11H2,1H3,(H,30,31). The summed E-state index contributed by atoms with van der Waals surface area (Å²) in [6.45, 7) is 3.32. The Hall–Kier alpha value is -3.67. The molecule has 1 aliphatic rings. The SMILES string of the molecule is Cc1nnn(-c2ccc(C(F)F)cc2)c1COc1ccc(N2CCNCC2C(=O)O)nn1. The van der Waals surface area contributed by atoms with Crippen LogP contribution in [0.15, 0.2) is 36.4 Å². The monoisotopic (exact) mass is 445 g/mol. The molecular formula is C20H21F2N7O3. The van der Waals surface area contributed by atoms with Crippen molar-refractivity contribution in [1.29, 1.82) is 0 Å². The Labute approximate surface area is 181 Å². The molecule has 0 amide bonds. The van der Waals surface area contributed by atoms with Gasteiger partial charge in [-0.15, -0.1) is 15.3 Å². The number of carboxylic acid groups (broad SMARTS) is 1. The van der Waals surface area contributed by atoms with E-state index in [1.165, 1.54) is 16.8 Å². The van der Waals surface area contributed by atoms with E-state index in [9.17, 15) is 18.7 Å². The molecule has 3 heterocycles. The fourth-order valence-electron chi connectivity index (χ4n) is 3.40. The number of carbonyl (C=O) groups is 1. The Morgan fingerprint density at radius 2 is 2.00 bits per heavy atom. The zero-order valence-electron chi connectivity index (χ0n) is 17.2. The number of alkyl halides is 2. The van der Waals surface area contributed by atoms with Gasteiger partial charge in [0.05, 0.1) is 11.4 Å². The predicted molar refractivity (Wildman–Crippen MR) is 109 cm³/mol. The number of hydrogen-bond donors (Lipinski definition) is 2. The first kappa shape index (κ1) is 21.6. The summed E-state index contributed by atoms with van der Waals surface area (Å²) in [5.74, 6) is -0.235.